The van der Waals surface area contributed by atoms with Crippen LogP contribution in [-0.4, -0.2) is 51.8 Å². The van der Waals surface area contributed by atoms with Gasteiger partial charge in [0.2, 0.25) is 10.0 Å². The second-order valence-corrected chi connectivity index (χ2v) is 5.77. The van der Waals surface area contributed by atoms with Crippen molar-refractivity contribution in [3.8, 4) is 0 Å². The van der Waals surface area contributed by atoms with Crippen LogP contribution in [0.25, 0.3) is 0 Å². The summed E-state index contributed by atoms with van der Waals surface area (Å²) in [5, 5.41) is 10.8. The van der Waals surface area contributed by atoms with Crippen LogP contribution < -0.4 is 15.8 Å². The van der Waals surface area contributed by atoms with Crippen molar-refractivity contribution < 1.29 is 8.42 Å². The van der Waals surface area contributed by atoms with Gasteiger partial charge < -0.3 is 10.6 Å². The quantitative estimate of drug-likeness (QED) is 0.240. The third kappa shape index (κ3) is 14.2. The second-order valence-electron chi connectivity index (χ2n) is 3.05. The molecule has 0 saturated heterocycles. The molecule has 104 valence electrons. The molecular weight excluding hydrogens is 375 g/mol. The topological polar surface area (TPSA) is 96.6 Å². The van der Waals surface area contributed by atoms with E-state index < -0.39 is 10.0 Å². The van der Waals surface area contributed by atoms with Crippen LogP contribution in [0.5, 0.6) is 0 Å². The van der Waals surface area contributed by atoms with Crippen LogP contribution in [0.2, 0.25) is 0 Å². The number of nitrogens with two attached hydrogens (primary N) is 1. The smallest absolute Gasteiger partial charge is 0.210 e. The summed E-state index contributed by atoms with van der Waals surface area (Å²) < 4.78 is 21.4. The molecule has 0 aromatic rings. The highest BCUT2D eigenvalue weighted by molar-refractivity contribution is 14.0. The Labute approximate surface area is 125 Å². The number of aliphatic imine (C=N–C) groups is 1. The van der Waals surface area contributed by atoms with Gasteiger partial charge in [-0.2, -0.15) is 11.8 Å². The van der Waals surface area contributed by atoms with Crippen molar-refractivity contribution in [2.45, 2.75) is 6.92 Å². The summed E-state index contributed by atoms with van der Waals surface area (Å²) in [5.41, 5.74) is 0. The number of primary sulfonamides is 1. The van der Waals surface area contributed by atoms with Crippen LogP contribution in [0.3, 0.4) is 0 Å². The number of rotatable bonds is 7. The summed E-state index contributed by atoms with van der Waals surface area (Å²) in [7, 11) is -3.41. The highest BCUT2D eigenvalue weighted by Crippen LogP contribution is 1.89. The Morgan fingerprint density at radius 1 is 1.41 bits per heavy atom. The minimum absolute atomic E-state index is 0. The molecule has 0 aliphatic heterocycles. The number of guanidine groups is 1. The minimum atomic E-state index is -3.41. The Balaban J connectivity index is 0. The molecule has 0 unspecified atom stereocenters. The lowest BCUT2D eigenvalue weighted by Gasteiger charge is -2.10. The molecule has 0 amide bonds. The van der Waals surface area contributed by atoms with E-state index in [2.05, 4.69) is 15.6 Å². The molecule has 0 heterocycles. The molecule has 0 aliphatic carbocycles. The Morgan fingerprint density at radius 2 is 2.06 bits per heavy atom. The van der Waals surface area contributed by atoms with Gasteiger partial charge in [-0.05, 0) is 13.2 Å². The summed E-state index contributed by atoms with van der Waals surface area (Å²) in [6.45, 7) is 3.65. The average molecular weight is 396 g/mol. The maximum absolute atomic E-state index is 10.7. The van der Waals surface area contributed by atoms with Gasteiger partial charge in [0.05, 0.1) is 12.3 Å². The Morgan fingerprint density at radius 3 is 2.53 bits per heavy atom. The van der Waals surface area contributed by atoms with Crippen LogP contribution in [-0.2, 0) is 10.0 Å². The molecule has 0 radical (unpaired) electrons. The molecular formula is C8H21IN4O2S2. The number of halogens is 1. The monoisotopic (exact) mass is 396 g/mol. The lowest BCUT2D eigenvalue weighted by Crippen LogP contribution is -2.40. The zero-order chi connectivity index (χ0) is 12.4. The molecule has 0 aromatic heterocycles. The first-order valence-corrected chi connectivity index (χ1v) is 8.12. The van der Waals surface area contributed by atoms with Gasteiger partial charge in [0.15, 0.2) is 5.96 Å². The highest BCUT2D eigenvalue weighted by Gasteiger charge is 2.02. The fraction of sp³-hybridized carbons (Fsp3) is 0.875. The first-order chi connectivity index (χ1) is 7.49. The van der Waals surface area contributed by atoms with Gasteiger partial charge >= 0.3 is 0 Å². The third-order valence-electron chi connectivity index (χ3n) is 1.59. The summed E-state index contributed by atoms with van der Waals surface area (Å²) >= 11 is 1.71. The summed E-state index contributed by atoms with van der Waals surface area (Å²) in [6, 6.07) is 0. The van der Waals surface area contributed by atoms with E-state index in [0.717, 1.165) is 12.3 Å². The summed E-state index contributed by atoms with van der Waals surface area (Å²) in [5.74, 6) is 1.46. The number of hydrogen-bond acceptors (Lipinski definition) is 4. The van der Waals surface area contributed by atoms with E-state index >= 15 is 0 Å². The number of nitrogens with one attached hydrogen (secondary N) is 2. The van der Waals surface area contributed by atoms with Gasteiger partial charge in [-0.3, -0.25) is 4.99 Å². The van der Waals surface area contributed by atoms with Gasteiger partial charge in [-0.15, -0.1) is 24.0 Å². The molecule has 0 saturated carbocycles. The van der Waals surface area contributed by atoms with E-state index in [1.54, 1.807) is 11.8 Å². The number of hydrogen-bond donors (Lipinski definition) is 3. The molecule has 0 aromatic carbocycles. The molecule has 17 heavy (non-hydrogen) atoms. The SMILES string of the molecule is CCNC(=NCCSC)NCCS(N)(=O)=O.I. The van der Waals surface area contributed by atoms with E-state index in [9.17, 15) is 8.42 Å². The van der Waals surface area contributed by atoms with E-state index in [4.69, 9.17) is 5.14 Å². The third-order valence-corrected chi connectivity index (χ3v) is 2.95. The Kier molecular flexibility index (Phi) is 13.1. The fourth-order valence-electron chi connectivity index (χ4n) is 0.902. The first kappa shape index (κ1) is 19.6. The first-order valence-electron chi connectivity index (χ1n) is 5.01. The molecule has 6 nitrogen and oxygen atoms in total. The lowest BCUT2D eigenvalue weighted by molar-refractivity contribution is 0.596. The van der Waals surface area contributed by atoms with Crippen LogP contribution in [0.4, 0.5) is 0 Å². The standard InChI is InChI=1S/C8H20N4O2S2.HI/c1-3-10-8(11-4-6-15-2)12-5-7-16(9,13)14;/h3-7H2,1-2H3,(H2,9,13,14)(H2,10,11,12);1H. The van der Waals surface area contributed by atoms with Crippen LogP contribution >= 0.6 is 35.7 Å². The average Bonchev–Trinajstić information content (AvgIpc) is 2.16. The normalized spacial score (nSPS) is 11.8. The zero-order valence-corrected chi connectivity index (χ0v) is 14.1. The van der Waals surface area contributed by atoms with Gasteiger partial charge in [0.25, 0.3) is 0 Å². The van der Waals surface area contributed by atoms with Crippen molar-refractivity contribution in [1.82, 2.24) is 10.6 Å². The largest absolute Gasteiger partial charge is 0.357 e. The summed E-state index contributed by atoms with van der Waals surface area (Å²) in [4.78, 5) is 4.26. The number of nitrogens with zero attached hydrogens (tertiary/aromatic N) is 1. The maximum atomic E-state index is 10.7. The molecule has 0 bridgehead atoms. The minimum Gasteiger partial charge on any atom is -0.357 e. The van der Waals surface area contributed by atoms with Crippen LogP contribution in [0, 0.1) is 0 Å². The van der Waals surface area contributed by atoms with Crippen molar-refractivity contribution in [1.29, 1.82) is 0 Å². The molecule has 0 rings (SSSR count). The van der Waals surface area contributed by atoms with E-state index in [-0.39, 0.29) is 36.3 Å². The van der Waals surface area contributed by atoms with Crippen molar-refractivity contribution in [2.24, 2.45) is 10.1 Å². The second kappa shape index (κ2) is 11.4. The van der Waals surface area contributed by atoms with Gasteiger partial charge in [-0.1, -0.05) is 0 Å². The molecule has 0 atom stereocenters. The van der Waals surface area contributed by atoms with Gasteiger partial charge in [0, 0.05) is 18.8 Å². The predicted molar refractivity (Wildman–Crippen MR) is 85.8 cm³/mol. The Hall–Kier alpha value is 0.260. The molecule has 4 N–H and O–H groups in total. The predicted octanol–water partition coefficient (Wildman–Crippen LogP) is -0.189. The van der Waals surface area contributed by atoms with Crippen molar-refractivity contribution in [3.63, 3.8) is 0 Å². The van der Waals surface area contributed by atoms with Gasteiger partial charge in [0.1, 0.15) is 0 Å². The number of sulfonamides is 1. The number of thioether (sulfide) groups is 1. The van der Waals surface area contributed by atoms with Crippen LogP contribution in [0.15, 0.2) is 4.99 Å². The van der Waals surface area contributed by atoms with E-state index in [1.807, 2.05) is 13.2 Å². The Bertz CT molecular complexity index is 309. The molecule has 0 aliphatic rings. The fourth-order valence-corrected chi connectivity index (χ4v) is 1.56. The van der Waals surface area contributed by atoms with Crippen molar-refractivity contribution in [3.05, 3.63) is 0 Å². The zero-order valence-electron chi connectivity index (χ0n) is 10.1. The molecule has 9 heteroatoms. The van der Waals surface area contributed by atoms with E-state index in [0.29, 0.717) is 12.5 Å². The molecule has 0 spiro atoms. The summed E-state index contributed by atoms with van der Waals surface area (Å²) in [6.07, 6.45) is 2.01. The molecule has 0 fully saturated rings. The van der Waals surface area contributed by atoms with Crippen molar-refractivity contribution in [2.75, 3.05) is 37.4 Å². The maximum Gasteiger partial charge on any atom is 0.210 e. The lowest BCUT2D eigenvalue weighted by atomic mass is 10.6. The van der Waals surface area contributed by atoms with Crippen LogP contribution in [0.1, 0.15) is 6.92 Å². The van der Waals surface area contributed by atoms with Crippen molar-refractivity contribution >= 4 is 51.7 Å². The van der Waals surface area contributed by atoms with Gasteiger partial charge in [-0.25, -0.2) is 13.6 Å². The highest BCUT2D eigenvalue weighted by atomic mass is 127. The van der Waals surface area contributed by atoms with E-state index in [1.165, 1.54) is 0 Å².